The fourth-order valence-corrected chi connectivity index (χ4v) is 3.75. The maximum Gasteiger partial charge on any atom is 0.270 e. The highest BCUT2D eigenvalue weighted by Crippen LogP contribution is 2.26. The third-order valence-corrected chi connectivity index (χ3v) is 5.40. The van der Waals surface area contributed by atoms with E-state index in [1.54, 1.807) is 28.9 Å². The van der Waals surface area contributed by atoms with Gasteiger partial charge in [0.05, 0.1) is 5.92 Å². The van der Waals surface area contributed by atoms with Crippen LogP contribution >= 0.6 is 0 Å². The Morgan fingerprint density at radius 1 is 0.719 bits per heavy atom. The first-order chi connectivity index (χ1) is 15.5. The number of aryl methyl sites for hydroxylation is 2. The summed E-state index contributed by atoms with van der Waals surface area (Å²) >= 11 is 0. The van der Waals surface area contributed by atoms with Gasteiger partial charge in [0, 0.05) is 22.6 Å². The molecule has 160 valence electrons. The summed E-state index contributed by atoms with van der Waals surface area (Å²) < 4.78 is 1.74. The fourth-order valence-electron chi connectivity index (χ4n) is 3.75. The highest BCUT2D eigenvalue weighted by molar-refractivity contribution is 6.03. The Kier molecular flexibility index (Phi) is 6.17. The molecule has 2 N–H and O–H groups in total. The molecule has 32 heavy (non-hydrogen) atoms. The Hall–Kier alpha value is -4.12. The summed E-state index contributed by atoms with van der Waals surface area (Å²) in [6.45, 7) is 3.86. The second kappa shape index (κ2) is 9.35. The van der Waals surface area contributed by atoms with Crippen molar-refractivity contribution >= 4 is 17.5 Å². The van der Waals surface area contributed by atoms with Crippen LogP contribution in [-0.2, 0) is 4.79 Å². The molecule has 0 atom stereocenters. The van der Waals surface area contributed by atoms with Gasteiger partial charge in [-0.25, -0.2) is 0 Å². The molecule has 0 saturated heterocycles. The van der Waals surface area contributed by atoms with Gasteiger partial charge in [-0.3, -0.25) is 19.7 Å². The van der Waals surface area contributed by atoms with Crippen molar-refractivity contribution in [3.05, 3.63) is 125 Å². The van der Waals surface area contributed by atoms with E-state index in [9.17, 15) is 9.59 Å². The number of carbonyl (C=O) groups excluding carboxylic acids is 2. The summed E-state index contributed by atoms with van der Waals surface area (Å²) in [6.07, 6.45) is 0. The van der Waals surface area contributed by atoms with Crippen LogP contribution in [0.5, 0.6) is 0 Å². The van der Waals surface area contributed by atoms with Crippen molar-refractivity contribution in [2.24, 2.45) is 0 Å². The molecule has 3 aromatic carbocycles. The summed E-state index contributed by atoms with van der Waals surface area (Å²) in [4.78, 5) is 26.1. The van der Waals surface area contributed by atoms with Gasteiger partial charge in [0.2, 0.25) is 5.91 Å². The van der Waals surface area contributed by atoms with Crippen LogP contribution in [0.1, 0.15) is 38.8 Å². The lowest BCUT2D eigenvalue weighted by molar-refractivity contribution is -0.116. The number of nitrogens with zero attached hydrogens (tertiary/aromatic N) is 1. The molecule has 4 aromatic rings. The fraction of sp³-hybridized carbons (Fsp3) is 0.111. The topological polar surface area (TPSA) is 63.1 Å². The average molecular weight is 424 g/mol. The van der Waals surface area contributed by atoms with Crippen LogP contribution < -0.4 is 10.7 Å². The van der Waals surface area contributed by atoms with Crippen molar-refractivity contribution in [3.63, 3.8) is 0 Å². The summed E-state index contributed by atoms with van der Waals surface area (Å²) in [6, 6.07) is 30.2. The van der Waals surface area contributed by atoms with Gasteiger partial charge in [-0.2, -0.15) is 0 Å². The molecular weight excluding hydrogens is 398 g/mol. The first-order valence-corrected chi connectivity index (χ1v) is 10.5. The predicted octanol–water partition coefficient (Wildman–Crippen LogP) is 5.26. The van der Waals surface area contributed by atoms with Gasteiger partial charge >= 0.3 is 0 Å². The number of carbonyl (C=O) groups is 2. The van der Waals surface area contributed by atoms with E-state index in [0.717, 1.165) is 22.5 Å². The minimum atomic E-state index is -0.458. The largest absolute Gasteiger partial charge is 0.325 e. The van der Waals surface area contributed by atoms with Crippen molar-refractivity contribution in [1.82, 2.24) is 4.68 Å². The zero-order chi connectivity index (χ0) is 22.5. The molecule has 5 nitrogen and oxygen atoms in total. The molecule has 5 heteroatoms. The van der Waals surface area contributed by atoms with E-state index in [0.29, 0.717) is 11.3 Å². The molecule has 0 aliphatic rings. The summed E-state index contributed by atoms with van der Waals surface area (Å²) in [5.74, 6) is -0.858. The predicted molar refractivity (Wildman–Crippen MR) is 127 cm³/mol. The Morgan fingerprint density at radius 2 is 1.28 bits per heavy atom. The molecule has 0 fully saturated rings. The number of aromatic nitrogens is 1. The van der Waals surface area contributed by atoms with E-state index in [1.807, 2.05) is 86.6 Å². The van der Waals surface area contributed by atoms with E-state index in [1.165, 1.54) is 0 Å². The lowest BCUT2D eigenvalue weighted by atomic mass is 9.90. The van der Waals surface area contributed by atoms with E-state index in [2.05, 4.69) is 10.7 Å². The smallest absolute Gasteiger partial charge is 0.270 e. The Morgan fingerprint density at radius 3 is 1.84 bits per heavy atom. The minimum absolute atomic E-state index is 0.156. The quantitative estimate of drug-likeness (QED) is 0.444. The third-order valence-electron chi connectivity index (χ3n) is 5.40. The van der Waals surface area contributed by atoms with Gasteiger partial charge in [-0.15, -0.1) is 0 Å². The van der Waals surface area contributed by atoms with Gasteiger partial charge in [-0.1, -0.05) is 66.7 Å². The van der Waals surface area contributed by atoms with E-state index in [4.69, 9.17) is 0 Å². The van der Waals surface area contributed by atoms with Gasteiger partial charge in [0.1, 0.15) is 0 Å². The second-order valence-electron chi connectivity index (χ2n) is 7.72. The molecule has 0 aliphatic heterocycles. The monoisotopic (exact) mass is 423 g/mol. The Bertz CT molecular complexity index is 1170. The molecule has 0 bridgehead atoms. The first-order valence-electron chi connectivity index (χ1n) is 10.5. The maximum absolute atomic E-state index is 13.3. The highest BCUT2D eigenvalue weighted by Gasteiger charge is 2.23. The molecular formula is C27H25N3O2. The van der Waals surface area contributed by atoms with Crippen LogP contribution in [0.3, 0.4) is 0 Å². The Balaban J connectivity index is 1.56. The zero-order valence-electron chi connectivity index (χ0n) is 18.1. The van der Waals surface area contributed by atoms with Gasteiger partial charge in [-0.05, 0) is 55.3 Å². The van der Waals surface area contributed by atoms with Crippen molar-refractivity contribution in [3.8, 4) is 0 Å². The molecule has 0 saturated carbocycles. The van der Waals surface area contributed by atoms with Gasteiger partial charge in [0.25, 0.3) is 5.91 Å². The van der Waals surface area contributed by atoms with Crippen molar-refractivity contribution in [2.45, 2.75) is 19.8 Å². The number of rotatable bonds is 6. The van der Waals surface area contributed by atoms with E-state index >= 15 is 0 Å². The molecule has 1 aromatic heterocycles. The average Bonchev–Trinajstić information content (AvgIpc) is 3.13. The number of amides is 2. The summed E-state index contributed by atoms with van der Waals surface area (Å²) in [7, 11) is 0. The number of anilines is 1. The number of hydrogen-bond donors (Lipinski definition) is 2. The van der Waals surface area contributed by atoms with Crippen molar-refractivity contribution in [2.75, 3.05) is 10.7 Å². The van der Waals surface area contributed by atoms with E-state index in [-0.39, 0.29) is 11.8 Å². The van der Waals surface area contributed by atoms with Crippen LogP contribution in [0.2, 0.25) is 0 Å². The standard InChI is InChI=1S/C27H25N3O2/c1-19-16-17-20(2)30(19)29-26(31)23-14-9-15-24(18-23)28-27(32)25(21-10-5-3-6-11-21)22-12-7-4-8-13-22/h3-18,25H,1-2H3,(H,28,32)(H,29,31). The van der Waals surface area contributed by atoms with Crippen LogP contribution in [0.4, 0.5) is 5.69 Å². The summed E-state index contributed by atoms with van der Waals surface area (Å²) in [5.41, 5.74) is 7.62. The third kappa shape index (κ3) is 4.62. The lowest BCUT2D eigenvalue weighted by Gasteiger charge is -2.18. The number of benzene rings is 3. The Labute approximate surface area is 187 Å². The molecule has 0 spiro atoms. The zero-order valence-corrected chi connectivity index (χ0v) is 18.1. The SMILES string of the molecule is Cc1ccc(C)n1NC(=O)c1cccc(NC(=O)C(c2ccccc2)c2ccccc2)c1. The van der Waals surface area contributed by atoms with Crippen LogP contribution in [0.15, 0.2) is 97.1 Å². The van der Waals surface area contributed by atoms with Crippen LogP contribution in [0, 0.1) is 13.8 Å². The normalized spacial score (nSPS) is 10.7. The van der Waals surface area contributed by atoms with Gasteiger partial charge in [0.15, 0.2) is 0 Å². The van der Waals surface area contributed by atoms with Gasteiger partial charge < -0.3 is 5.32 Å². The molecule has 1 heterocycles. The molecule has 0 unspecified atom stereocenters. The molecule has 0 aliphatic carbocycles. The van der Waals surface area contributed by atoms with Crippen molar-refractivity contribution in [1.29, 1.82) is 0 Å². The first kappa shape index (κ1) is 21.1. The molecule has 2 amide bonds. The number of hydrogen-bond acceptors (Lipinski definition) is 2. The molecule has 4 rings (SSSR count). The maximum atomic E-state index is 13.3. The van der Waals surface area contributed by atoms with E-state index < -0.39 is 5.92 Å². The summed E-state index contributed by atoms with van der Waals surface area (Å²) in [5, 5.41) is 2.99. The van der Waals surface area contributed by atoms with Crippen molar-refractivity contribution < 1.29 is 9.59 Å². The highest BCUT2D eigenvalue weighted by atomic mass is 16.2. The minimum Gasteiger partial charge on any atom is -0.325 e. The lowest BCUT2D eigenvalue weighted by Crippen LogP contribution is -2.25. The van der Waals surface area contributed by atoms with Crippen LogP contribution in [0.25, 0.3) is 0 Å². The molecule has 0 radical (unpaired) electrons. The number of nitrogens with one attached hydrogen (secondary N) is 2. The second-order valence-corrected chi connectivity index (χ2v) is 7.72. The van der Waals surface area contributed by atoms with Crippen LogP contribution in [-0.4, -0.2) is 16.5 Å².